The highest BCUT2D eigenvalue weighted by atomic mass is 16.7. The molecule has 5 atom stereocenters. The molecule has 158 valence electrons. The van der Waals surface area contributed by atoms with Crippen LogP contribution in [-0.4, -0.2) is 61.0 Å². The first kappa shape index (κ1) is 22.2. The van der Waals surface area contributed by atoms with Crippen molar-refractivity contribution in [2.45, 2.75) is 45.4 Å². The van der Waals surface area contributed by atoms with E-state index in [1.54, 1.807) is 6.92 Å². The maximum Gasteiger partial charge on any atom is 0.335 e. The summed E-state index contributed by atoms with van der Waals surface area (Å²) in [6.45, 7) is 3.91. The number of carbonyl (C=O) groups is 4. The lowest BCUT2D eigenvalue weighted by Crippen LogP contribution is -2.60. The minimum Gasteiger partial charge on any atom is -0.507 e. The van der Waals surface area contributed by atoms with Crippen LogP contribution in [0.4, 0.5) is 0 Å². The smallest absolute Gasteiger partial charge is 0.335 e. The summed E-state index contributed by atoms with van der Waals surface area (Å²) >= 11 is 0. The Kier molecular flexibility index (Phi) is 7.16. The number of methoxy groups -OCH3 is 1. The van der Waals surface area contributed by atoms with Crippen LogP contribution in [0, 0.1) is 5.92 Å². The minimum atomic E-state index is -1.37. The maximum atomic E-state index is 12.1. The van der Waals surface area contributed by atoms with Crippen LogP contribution < -0.4 is 4.74 Å². The molecule has 0 aromatic heterocycles. The molecule has 0 saturated carbocycles. The summed E-state index contributed by atoms with van der Waals surface area (Å²) in [5, 5.41) is 9.84. The van der Waals surface area contributed by atoms with E-state index in [4.69, 9.17) is 23.7 Å². The topological polar surface area (TPSA) is 135 Å². The molecule has 1 heterocycles. The van der Waals surface area contributed by atoms with Crippen molar-refractivity contribution in [1.82, 2.24) is 0 Å². The molecule has 0 aliphatic carbocycles. The molecule has 0 bridgehead atoms. The molecular weight excluding hydrogens is 388 g/mol. The minimum absolute atomic E-state index is 0.0392. The van der Waals surface area contributed by atoms with Crippen LogP contribution in [-0.2, 0) is 33.3 Å². The molecule has 1 N–H and O–H groups in total. The summed E-state index contributed by atoms with van der Waals surface area (Å²) in [5.74, 6) is -3.07. The Morgan fingerprint density at radius 2 is 1.72 bits per heavy atom. The van der Waals surface area contributed by atoms with Crippen molar-refractivity contribution in [1.29, 1.82) is 0 Å². The molecule has 1 aromatic carbocycles. The fourth-order valence-electron chi connectivity index (χ4n) is 2.96. The SMILES string of the molecule is COC(=O)[C@H]1O[C@@H](Oc2ccc(C=O)c(O)c2)[C@H](OC(C)=O)[C@@H](OC(C)=O)[C@@H]1C. The number of hydrogen-bond donors (Lipinski definition) is 1. The van der Waals surface area contributed by atoms with E-state index < -0.39 is 48.4 Å². The summed E-state index contributed by atoms with van der Waals surface area (Å²) < 4.78 is 26.6. The molecule has 1 fully saturated rings. The van der Waals surface area contributed by atoms with Gasteiger partial charge in [0.2, 0.25) is 12.4 Å². The zero-order valence-corrected chi connectivity index (χ0v) is 16.3. The lowest BCUT2D eigenvalue weighted by atomic mass is 9.90. The molecule has 0 radical (unpaired) electrons. The van der Waals surface area contributed by atoms with Crippen LogP contribution in [0.15, 0.2) is 18.2 Å². The fourth-order valence-corrected chi connectivity index (χ4v) is 2.96. The van der Waals surface area contributed by atoms with E-state index in [0.717, 1.165) is 13.0 Å². The van der Waals surface area contributed by atoms with E-state index in [2.05, 4.69) is 0 Å². The second kappa shape index (κ2) is 9.37. The largest absolute Gasteiger partial charge is 0.507 e. The van der Waals surface area contributed by atoms with E-state index in [1.165, 1.54) is 26.2 Å². The number of phenolic OH excluding ortho intramolecular Hbond substituents is 1. The summed E-state index contributed by atoms with van der Waals surface area (Å²) in [6.07, 6.45) is -4.36. The van der Waals surface area contributed by atoms with Gasteiger partial charge in [0.25, 0.3) is 0 Å². The lowest BCUT2D eigenvalue weighted by molar-refractivity contribution is -0.266. The molecule has 10 nitrogen and oxygen atoms in total. The Morgan fingerprint density at radius 3 is 2.24 bits per heavy atom. The van der Waals surface area contributed by atoms with E-state index in [0.29, 0.717) is 6.29 Å². The van der Waals surface area contributed by atoms with Crippen molar-refractivity contribution < 1.29 is 48.0 Å². The van der Waals surface area contributed by atoms with Gasteiger partial charge in [0.15, 0.2) is 18.5 Å². The molecule has 1 aliphatic rings. The molecule has 0 spiro atoms. The van der Waals surface area contributed by atoms with Crippen molar-refractivity contribution >= 4 is 24.2 Å². The van der Waals surface area contributed by atoms with Crippen molar-refractivity contribution in [2.24, 2.45) is 5.92 Å². The van der Waals surface area contributed by atoms with Gasteiger partial charge in [-0.25, -0.2) is 4.79 Å². The Bertz CT molecular complexity index is 789. The Balaban J connectivity index is 2.40. The number of ether oxygens (including phenoxy) is 5. The number of carbonyl (C=O) groups excluding carboxylic acids is 4. The average molecular weight is 410 g/mol. The van der Waals surface area contributed by atoms with Gasteiger partial charge in [-0.2, -0.15) is 0 Å². The number of aromatic hydroxyl groups is 1. The number of hydrogen-bond acceptors (Lipinski definition) is 10. The average Bonchev–Trinajstić information content (AvgIpc) is 2.65. The second-order valence-corrected chi connectivity index (χ2v) is 6.41. The van der Waals surface area contributed by atoms with Gasteiger partial charge in [-0.05, 0) is 12.1 Å². The number of aldehydes is 1. The first-order valence-electron chi connectivity index (χ1n) is 8.70. The van der Waals surface area contributed by atoms with Gasteiger partial charge in [0.1, 0.15) is 11.5 Å². The van der Waals surface area contributed by atoms with E-state index in [1.807, 2.05) is 0 Å². The quantitative estimate of drug-likeness (QED) is 0.411. The molecule has 1 saturated heterocycles. The van der Waals surface area contributed by atoms with E-state index in [9.17, 15) is 24.3 Å². The highest BCUT2D eigenvalue weighted by molar-refractivity contribution is 5.79. The third-order valence-electron chi connectivity index (χ3n) is 4.29. The van der Waals surface area contributed by atoms with Crippen molar-refractivity contribution in [3.8, 4) is 11.5 Å². The number of esters is 3. The van der Waals surface area contributed by atoms with Crippen LogP contribution in [0.3, 0.4) is 0 Å². The standard InChI is InChI=1S/C19H22O10/c1-9-15(26-10(2)21)17(27-11(3)22)19(29-16(9)18(24)25-4)28-13-6-5-12(8-20)14(23)7-13/h5-9,15-17,19,23H,1-4H3/t9-,15-,16-,17+,19+/m0/s1. The molecule has 0 amide bonds. The van der Waals surface area contributed by atoms with Gasteiger partial charge >= 0.3 is 17.9 Å². The Hall–Kier alpha value is -3.14. The summed E-state index contributed by atoms with van der Waals surface area (Å²) in [4.78, 5) is 46.2. The van der Waals surface area contributed by atoms with Crippen LogP contribution >= 0.6 is 0 Å². The predicted molar refractivity (Wildman–Crippen MR) is 95.1 cm³/mol. The molecule has 0 unspecified atom stereocenters. The van der Waals surface area contributed by atoms with Gasteiger partial charge < -0.3 is 28.8 Å². The van der Waals surface area contributed by atoms with Crippen molar-refractivity contribution in [3.05, 3.63) is 23.8 Å². The molecule has 2 rings (SSSR count). The lowest BCUT2D eigenvalue weighted by Gasteiger charge is -2.42. The fraction of sp³-hybridized carbons (Fsp3) is 0.474. The predicted octanol–water partition coefficient (Wildman–Crippen LogP) is 0.981. The normalized spacial score (nSPS) is 26.1. The van der Waals surface area contributed by atoms with Gasteiger partial charge in [0.05, 0.1) is 12.7 Å². The molecule has 29 heavy (non-hydrogen) atoms. The Morgan fingerprint density at radius 1 is 1.10 bits per heavy atom. The zero-order valence-electron chi connectivity index (χ0n) is 16.3. The number of benzene rings is 1. The van der Waals surface area contributed by atoms with Gasteiger partial charge in [-0.15, -0.1) is 0 Å². The van der Waals surface area contributed by atoms with Crippen LogP contribution in [0.2, 0.25) is 0 Å². The number of rotatable bonds is 6. The van der Waals surface area contributed by atoms with Gasteiger partial charge in [-0.1, -0.05) is 6.92 Å². The highest BCUT2D eigenvalue weighted by Crippen LogP contribution is 2.33. The van der Waals surface area contributed by atoms with Crippen LogP contribution in [0.1, 0.15) is 31.1 Å². The first-order chi connectivity index (χ1) is 13.7. The Labute approximate surface area is 166 Å². The summed E-state index contributed by atoms with van der Waals surface area (Å²) in [6, 6.07) is 3.85. The van der Waals surface area contributed by atoms with Crippen molar-refractivity contribution in [2.75, 3.05) is 7.11 Å². The van der Waals surface area contributed by atoms with Crippen molar-refractivity contribution in [3.63, 3.8) is 0 Å². The second-order valence-electron chi connectivity index (χ2n) is 6.41. The molecule has 1 aromatic rings. The zero-order chi connectivity index (χ0) is 21.7. The summed E-state index contributed by atoms with van der Waals surface area (Å²) in [5.41, 5.74) is 0.0392. The van der Waals surface area contributed by atoms with Gasteiger partial charge in [0, 0.05) is 25.8 Å². The summed E-state index contributed by atoms with van der Waals surface area (Å²) in [7, 11) is 1.17. The van der Waals surface area contributed by atoms with Crippen LogP contribution in [0.5, 0.6) is 11.5 Å². The highest BCUT2D eigenvalue weighted by Gasteiger charge is 2.52. The third kappa shape index (κ3) is 5.23. The van der Waals surface area contributed by atoms with Gasteiger partial charge in [-0.3, -0.25) is 14.4 Å². The molecular formula is C19H22O10. The molecule has 1 aliphatic heterocycles. The first-order valence-corrected chi connectivity index (χ1v) is 8.70. The monoisotopic (exact) mass is 410 g/mol. The molecule has 10 heteroatoms. The number of phenols is 1. The van der Waals surface area contributed by atoms with Crippen LogP contribution in [0.25, 0.3) is 0 Å². The van der Waals surface area contributed by atoms with E-state index >= 15 is 0 Å². The van der Waals surface area contributed by atoms with E-state index in [-0.39, 0.29) is 17.1 Å². The third-order valence-corrected chi connectivity index (χ3v) is 4.29. The maximum absolute atomic E-state index is 12.1.